The van der Waals surface area contributed by atoms with Crippen LogP contribution in [0.15, 0.2) is 48.5 Å². The Labute approximate surface area is 187 Å². The number of rotatable bonds is 11. The molecule has 0 saturated carbocycles. The van der Waals surface area contributed by atoms with Crippen LogP contribution in [0.5, 0.6) is 5.75 Å². The number of benzene rings is 2. The molecule has 2 aromatic rings. The Hall–Kier alpha value is -3.01. The summed E-state index contributed by atoms with van der Waals surface area (Å²) >= 11 is 5.24. The summed E-state index contributed by atoms with van der Waals surface area (Å²) in [4.78, 5) is 24.8. The van der Waals surface area contributed by atoms with Crippen molar-refractivity contribution in [2.24, 2.45) is 0 Å². The molecular formula is C22H27N3O5S. The summed E-state index contributed by atoms with van der Waals surface area (Å²) in [5, 5.41) is 8.35. The molecular weight excluding hydrogens is 418 g/mol. The fourth-order valence-corrected chi connectivity index (χ4v) is 2.75. The molecule has 0 atom stereocenters. The Bertz CT molecular complexity index is 874. The zero-order valence-corrected chi connectivity index (χ0v) is 18.4. The van der Waals surface area contributed by atoms with Gasteiger partial charge in [0.1, 0.15) is 12.4 Å². The number of nitrogens with one attached hydrogen (secondary N) is 3. The molecule has 0 radical (unpaired) electrons. The third-order valence-corrected chi connectivity index (χ3v) is 4.26. The molecule has 31 heavy (non-hydrogen) atoms. The van der Waals surface area contributed by atoms with E-state index in [-0.39, 0.29) is 16.9 Å². The van der Waals surface area contributed by atoms with Crippen LogP contribution in [0, 0.1) is 0 Å². The smallest absolute Gasteiger partial charge is 0.257 e. The summed E-state index contributed by atoms with van der Waals surface area (Å²) in [6, 6.07) is 13.6. The van der Waals surface area contributed by atoms with Crippen LogP contribution in [0.1, 0.15) is 27.6 Å². The van der Waals surface area contributed by atoms with Crippen molar-refractivity contribution in [1.29, 1.82) is 0 Å². The molecule has 0 spiro atoms. The van der Waals surface area contributed by atoms with Gasteiger partial charge in [0.05, 0.1) is 24.5 Å². The number of anilines is 1. The fraction of sp³-hybridized carbons (Fsp3) is 0.318. The van der Waals surface area contributed by atoms with E-state index in [2.05, 4.69) is 16.0 Å². The van der Waals surface area contributed by atoms with Crippen molar-refractivity contribution in [1.82, 2.24) is 10.6 Å². The predicted octanol–water partition coefficient (Wildman–Crippen LogP) is 2.60. The van der Waals surface area contributed by atoms with E-state index in [1.165, 1.54) is 0 Å². The van der Waals surface area contributed by atoms with Gasteiger partial charge in [-0.2, -0.15) is 0 Å². The monoisotopic (exact) mass is 445 g/mol. The largest absolute Gasteiger partial charge is 0.491 e. The Morgan fingerprint density at radius 1 is 0.968 bits per heavy atom. The van der Waals surface area contributed by atoms with Crippen LogP contribution in [0.4, 0.5) is 5.69 Å². The number of amides is 2. The van der Waals surface area contributed by atoms with Gasteiger partial charge in [0, 0.05) is 25.8 Å². The molecule has 0 heterocycles. The lowest BCUT2D eigenvalue weighted by Crippen LogP contribution is -2.35. The standard InChI is InChI=1S/C22H27N3O5S/c1-3-29-14-15-30-17-10-8-16(9-11-17)20(26)25-22(31)24-19-7-5-4-6-18(19)21(27)23-12-13-28-2/h4-11H,3,12-15H2,1-2H3,(H,23,27)(H2,24,25,26,31). The first-order chi connectivity index (χ1) is 15.0. The molecule has 0 aliphatic heterocycles. The lowest BCUT2D eigenvalue weighted by Gasteiger charge is -2.14. The van der Waals surface area contributed by atoms with Crippen molar-refractivity contribution in [3.8, 4) is 5.75 Å². The number of para-hydroxylation sites is 1. The number of carbonyl (C=O) groups excluding carboxylic acids is 2. The highest BCUT2D eigenvalue weighted by molar-refractivity contribution is 7.80. The maximum atomic E-state index is 12.5. The van der Waals surface area contributed by atoms with Gasteiger partial charge in [-0.25, -0.2) is 0 Å². The molecule has 0 saturated heterocycles. The van der Waals surface area contributed by atoms with Crippen molar-refractivity contribution < 1.29 is 23.8 Å². The van der Waals surface area contributed by atoms with Crippen LogP contribution < -0.4 is 20.7 Å². The molecule has 0 aliphatic rings. The normalized spacial score (nSPS) is 10.3. The first-order valence-electron chi connectivity index (χ1n) is 9.84. The van der Waals surface area contributed by atoms with Gasteiger partial charge < -0.3 is 24.8 Å². The molecule has 0 aliphatic carbocycles. The lowest BCUT2D eigenvalue weighted by molar-refractivity contribution is 0.0936. The van der Waals surface area contributed by atoms with Gasteiger partial charge in [-0.15, -0.1) is 0 Å². The number of hydrogen-bond acceptors (Lipinski definition) is 6. The van der Waals surface area contributed by atoms with Crippen LogP contribution in [0.3, 0.4) is 0 Å². The summed E-state index contributed by atoms with van der Waals surface area (Å²) in [6.07, 6.45) is 0. The Morgan fingerprint density at radius 3 is 2.42 bits per heavy atom. The minimum Gasteiger partial charge on any atom is -0.491 e. The van der Waals surface area contributed by atoms with E-state index in [4.69, 9.17) is 26.4 Å². The number of thiocarbonyl (C=S) groups is 1. The second-order valence-corrected chi connectivity index (χ2v) is 6.68. The van der Waals surface area contributed by atoms with E-state index < -0.39 is 0 Å². The highest BCUT2D eigenvalue weighted by Gasteiger charge is 2.13. The van der Waals surface area contributed by atoms with Crippen molar-refractivity contribution in [2.45, 2.75) is 6.92 Å². The third-order valence-electron chi connectivity index (χ3n) is 4.06. The van der Waals surface area contributed by atoms with Gasteiger partial charge in [-0.3, -0.25) is 14.9 Å². The zero-order chi connectivity index (χ0) is 22.5. The van der Waals surface area contributed by atoms with E-state index in [1.807, 2.05) is 6.92 Å². The van der Waals surface area contributed by atoms with Gasteiger partial charge in [-0.05, 0) is 55.5 Å². The van der Waals surface area contributed by atoms with E-state index in [1.54, 1.807) is 55.6 Å². The Morgan fingerprint density at radius 2 is 1.71 bits per heavy atom. The maximum absolute atomic E-state index is 12.5. The van der Waals surface area contributed by atoms with E-state index in [0.29, 0.717) is 55.5 Å². The lowest BCUT2D eigenvalue weighted by atomic mass is 10.1. The molecule has 2 aromatic carbocycles. The second-order valence-electron chi connectivity index (χ2n) is 6.27. The summed E-state index contributed by atoms with van der Waals surface area (Å²) in [5.41, 5.74) is 1.32. The Kier molecular flexibility index (Phi) is 10.4. The van der Waals surface area contributed by atoms with Crippen LogP contribution in [0.25, 0.3) is 0 Å². The van der Waals surface area contributed by atoms with E-state index >= 15 is 0 Å². The Balaban J connectivity index is 1.91. The SMILES string of the molecule is CCOCCOc1ccc(C(=O)NC(=S)Nc2ccccc2C(=O)NCCOC)cc1. The van der Waals surface area contributed by atoms with Crippen LogP contribution >= 0.6 is 12.2 Å². The van der Waals surface area contributed by atoms with Gasteiger partial charge >= 0.3 is 0 Å². The summed E-state index contributed by atoms with van der Waals surface area (Å²) < 4.78 is 15.7. The van der Waals surface area contributed by atoms with Gasteiger partial charge in [0.15, 0.2) is 5.11 Å². The maximum Gasteiger partial charge on any atom is 0.257 e. The topological polar surface area (TPSA) is 97.9 Å². The molecule has 2 rings (SSSR count). The first-order valence-corrected chi connectivity index (χ1v) is 10.2. The van der Waals surface area contributed by atoms with E-state index in [0.717, 1.165) is 0 Å². The highest BCUT2D eigenvalue weighted by atomic mass is 32.1. The zero-order valence-electron chi connectivity index (χ0n) is 17.6. The molecule has 0 aromatic heterocycles. The van der Waals surface area contributed by atoms with Crippen molar-refractivity contribution in [2.75, 3.05) is 45.4 Å². The van der Waals surface area contributed by atoms with Crippen LogP contribution in [0.2, 0.25) is 0 Å². The van der Waals surface area contributed by atoms with Crippen molar-refractivity contribution in [3.05, 3.63) is 59.7 Å². The number of ether oxygens (including phenoxy) is 3. The molecule has 3 N–H and O–H groups in total. The minimum absolute atomic E-state index is 0.0826. The summed E-state index contributed by atoms with van der Waals surface area (Å²) in [6.45, 7) is 4.29. The molecule has 166 valence electrons. The molecule has 2 amide bonds. The number of hydrogen-bond donors (Lipinski definition) is 3. The highest BCUT2D eigenvalue weighted by Crippen LogP contribution is 2.15. The molecule has 8 nitrogen and oxygen atoms in total. The van der Waals surface area contributed by atoms with Crippen molar-refractivity contribution in [3.63, 3.8) is 0 Å². The van der Waals surface area contributed by atoms with E-state index in [9.17, 15) is 9.59 Å². The van der Waals surface area contributed by atoms with Gasteiger partial charge in [0.2, 0.25) is 0 Å². The first kappa shape index (κ1) is 24.3. The quantitative estimate of drug-likeness (QED) is 0.361. The van der Waals surface area contributed by atoms with Crippen molar-refractivity contribution >= 4 is 34.8 Å². The number of carbonyl (C=O) groups is 2. The average Bonchev–Trinajstić information content (AvgIpc) is 2.77. The second kappa shape index (κ2) is 13.3. The van der Waals surface area contributed by atoms with Crippen LogP contribution in [-0.2, 0) is 9.47 Å². The van der Waals surface area contributed by atoms with Gasteiger partial charge in [-0.1, -0.05) is 12.1 Å². The molecule has 0 bridgehead atoms. The third kappa shape index (κ3) is 8.33. The number of methoxy groups -OCH3 is 1. The predicted molar refractivity (Wildman–Crippen MR) is 123 cm³/mol. The average molecular weight is 446 g/mol. The summed E-state index contributed by atoms with van der Waals surface area (Å²) in [5.74, 6) is -0.0000344. The van der Waals surface area contributed by atoms with Crippen LogP contribution in [-0.4, -0.2) is 57.0 Å². The molecule has 0 fully saturated rings. The van der Waals surface area contributed by atoms with Gasteiger partial charge in [0.25, 0.3) is 11.8 Å². The fourth-order valence-electron chi connectivity index (χ4n) is 2.55. The summed E-state index contributed by atoms with van der Waals surface area (Å²) in [7, 11) is 1.56. The minimum atomic E-state index is -0.375. The molecule has 0 unspecified atom stereocenters. The molecule has 9 heteroatoms.